The minimum absolute atomic E-state index is 0.0838. The Kier molecular flexibility index (Phi) is 47.4. The number of rotatable bonds is 46. The van der Waals surface area contributed by atoms with Gasteiger partial charge >= 0.3 is 17.9 Å². The van der Waals surface area contributed by atoms with E-state index < -0.39 is 6.10 Å². The Labute approximate surface area is 377 Å². The predicted octanol–water partition coefficient (Wildman–Crippen LogP) is 16.9. The van der Waals surface area contributed by atoms with Crippen LogP contribution in [0.15, 0.2) is 60.8 Å². The van der Waals surface area contributed by atoms with Crippen LogP contribution < -0.4 is 0 Å². The van der Waals surface area contributed by atoms with E-state index in [4.69, 9.17) is 14.2 Å². The second kappa shape index (κ2) is 49.8. The average molecular weight is 853 g/mol. The van der Waals surface area contributed by atoms with Gasteiger partial charge < -0.3 is 14.2 Å². The number of unbranched alkanes of at least 4 members (excludes halogenated alkanes) is 25. The number of hydrogen-bond acceptors (Lipinski definition) is 6. The molecular formula is C55H96O6. The summed E-state index contributed by atoms with van der Waals surface area (Å²) < 4.78 is 16.8. The smallest absolute Gasteiger partial charge is 0.306 e. The molecule has 0 aromatic carbocycles. The molecule has 0 saturated heterocycles. The molecule has 0 amide bonds. The van der Waals surface area contributed by atoms with E-state index in [9.17, 15) is 14.4 Å². The van der Waals surface area contributed by atoms with Crippen LogP contribution in [-0.4, -0.2) is 37.2 Å². The zero-order chi connectivity index (χ0) is 44.4. The van der Waals surface area contributed by atoms with Gasteiger partial charge in [0.15, 0.2) is 6.10 Å². The molecule has 61 heavy (non-hydrogen) atoms. The molecule has 0 bridgehead atoms. The van der Waals surface area contributed by atoms with E-state index >= 15 is 0 Å². The van der Waals surface area contributed by atoms with Gasteiger partial charge in [-0.2, -0.15) is 0 Å². The SMILES string of the molecule is CC/C=C\C/C=C\C/C=C\CCCCCCCC(=O)OC[C@@H](COC(=O)CCCCCCCCCCCCCCCC)OC(=O)CCCCCCC/C=C\C/C=C\CCCC. The lowest BCUT2D eigenvalue weighted by molar-refractivity contribution is -0.167. The fraction of sp³-hybridized carbons (Fsp3) is 0.764. The Hall–Kier alpha value is -2.89. The first-order chi connectivity index (χ1) is 30.0. The summed E-state index contributed by atoms with van der Waals surface area (Å²) in [7, 11) is 0. The van der Waals surface area contributed by atoms with Gasteiger partial charge in [0.1, 0.15) is 13.2 Å². The van der Waals surface area contributed by atoms with Crippen molar-refractivity contribution in [1.29, 1.82) is 0 Å². The molecule has 0 aliphatic carbocycles. The molecular weight excluding hydrogens is 757 g/mol. The minimum Gasteiger partial charge on any atom is -0.462 e. The normalized spacial score (nSPS) is 12.5. The Morgan fingerprint density at radius 3 is 1.05 bits per heavy atom. The van der Waals surface area contributed by atoms with Crippen molar-refractivity contribution in [3.63, 3.8) is 0 Å². The van der Waals surface area contributed by atoms with Crippen LogP contribution in [-0.2, 0) is 28.6 Å². The largest absolute Gasteiger partial charge is 0.462 e. The fourth-order valence-corrected chi connectivity index (χ4v) is 7.12. The van der Waals surface area contributed by atoms with E-state index in [0.29, 0.717) is 19.3 Å². The summed E-state index contributed by atoms with van der Waals surface area (Å²) >= 11 is 0. The fourth-order valence-electron chi connectivity index (χ4n) is 7.12. The maximum absolute atomic E-state index is 12.8. The number of carbonyl (C=O) groups is 3. The molecule has 352 valence electrons. The number of carbonyl (C=O) groups excluding carboxylic acids is 3. The van der Waals surface area contributed by atoms with E-state index in [1.54, 1.807) is 0 Å². The lowest BCUT2D eigenvalue weighted by Gasteiger charge is -2.18. The van der Waals surface area contributed by atoms with Crippen molar-refractivity contribution >= 4 is 17.9 Å². The highest BCUT2D eigenvalue weighted by Gasteiger charge is 2.19. The zero-order valence-corrected chi connectivity index (χ0v) is 40.2. The summed E-state index contributed by atoms with van der Waals surface area (Å²) in [6.07, 6.45) is 60.5. The van der Waals surface area contributed by atoms with Crippen LogP contribution in [0.3, 0.4) is 0 Å². The van der Waals surface area contributed by atoms with Gasteiger partial charge in [0, 0.05) is 19.3 Å². The van der Waals surface area contributed by atoms with Gasteiger partial charge in [-0.05, 0) is 77.0 Å². The summed E-state index contributed by atoms with van der Waals surface area (Å²) in [6.45, 7) is 6.47. The van der Waals surface area contributed by atoms with Crippen LogP contribution in [0.4, 0.5) is 0 Å². The summed E-state index contributed by atoms with van der Waals surface area (Å²) in [4.78, 5) is 38.0. The van der Waals surface area contributed by atoms with Crippen molar-refractivity contribution in [2.24, 2.45) is 0 Å². The highest BCUT2D eigenvalue weighted by molar-refractivity contribution is 5.71. The third-order valence-corrected chi connectivity index (χ3v) is 11.0. The molecule has 0 saturated carbocycles. The lowest BCUT2D eigenvalue weighted by atomic mass is 10.0. The molecule has 0 fully saturated rings. The second-order valence-electron chi connectivity index (χ2n) is 17.1. The van der Waals surface area contributed by atoms with Crippen molar-refractivity contribution in [2.75, 3.05) is 13.2 Å². The second-order valence-corrected chi connectivity index (χ2v) is 17.1. The van der Waals surface area contributed by atoms with Crippen molar-refractivity contribution < 1.29 is 28.6 Å². The van der Waals surface area contributed by atoms with Crippen LogP contribution in [0.25, 0.3) is 0 Å². The lowest BCUT2D eigenvalue weighted by Crippen LogP contribution is -2.30. The van der Waals surface area contributed by atoms with Crippen LogP contribution in [0.1, 0.15) is 252 Å². The van der Waals surface area contributed by atoms with Crippen molar-refractivity contribution in [3.05, 3.63) is 60.8 Å². The zero-order valence-electron chi connectivity index (χ0n) is 40.2. The average Bonchev–Trinajstić information content (AvgIpc) is 3.26. The third-order valence-electron chi connectivity index (χ3n) is 11.0. The van der Waals surface area contributed by atoms with E-state index in [2.05, 4.69) is 81.5 Å². The Balaban J connectivity index is 4.42. The van der Waals surface area contributed by atoms with Gasteiger partial charge in [-0.3, -0.25) is 14.4 Å². The number of esters is 3. The quantitative estimate of drug-likeness (QED) is 0.0263. The first-order valence-corrected chi connectivity index (χ1v) is 25.8. The standard InChI is InChI=1S/C55H96O6/c1-4-7-10-13-16-19-22-25-28-31-33-36-39-42-45-48-54(57)60-51-52(61-55(58)49-46-43-40-37-34-30-27-24-21-18-15-12-9-6-3)50-59-53(56)47-44-41-38-35-32-29-26-23-20-17-14-11-8-5-2/h7,10,15-16,18-19,24-25,27-28,52H,4-6,8-9,11-14,17,20-23,26,29-51H2,1-3H3/b10-7-,18-15-,19-16-,27-24-,28-25-/t52-/m1/s1. The Morgan fingerprint density at radius 1 is 0.344 bits per heavy atom. The highest BCUT2D eigenvalue weighted by Crippen LogP contribution is 2.15. The van der Waals surface area contributed by atoms with Crippen LogP contribution >= 0.6 is 0 Å². The van der Waals surface area contributed by atoms with Gasteiger partial charge in [-0.15, -0.1) is 0 Å². The van der Waals surface area contributed by atoms with Crippen molar-refractivity contribution in [3.8, 4) is 0 Å². The molecule has 0 rings (SSSR count). The summed E-state index contributed by atoms with van der Waals surface area (Å²) in [5.41, 5.74) is 0. The molecule has 1 atom stereocenters. The van der Waals surface area contributed by atoms with Crippen LogP contribution in [0.5, 0.6) is 0 Å². The molecule has 0 N–H and O–H groups in total. The molecule has 0 radical (unpaired) electrons. The van der Waals surface area contributed by atoms with Gasteiger partial charge in [-0.1, -0.05) is 216 Å². The molecule has 6 heteroatoms. The maximum Gasteiger partial charge on any atom is 0.306 e. The van der Waals surface area contributed by atoms with Crippen molar-refractivity contribution in [2.45, 2.75) is 258 Å². The molecule has 0 aromatic rings. The van der Waals surface area contributed by atoms with E-state index in [-0.39, 0.29) is 31.1 Å². The van der Waals surface area contributed by atoms with Crippen molar-refractivity contribution in [1.82, 2.24) is 0 Å². The van der Waals surface area contributed by atoms with Gasteiger partial charge in [0.25, 0.3) is 0 Å². The number of ether oxygens (including phenoxy) is 3. The monoisotopic (exact) mass is 853 g/mol. The van der Waals surface area contributed by atoms with E-state index in [1.165, 1.54) is 89.9 Å². The first kappa shape index (κ1) is 58.1. The molecule has 0 unspecified atom stereocenters. The molecule has 0 heterocycles. The topological polar surface area (TPSA) is 78.9 Å². The van der Waals surface area contributed by atoms with Gasteiger partial charge in [0.05, 0.1) is 0 Å². The summed E-state index contributed by atoms with van der Waals surface area (Å²) in [5.74, 6) is -0.910. The number of hydrogen-bond donors (Lipinski definition) is 0. The van der Waals surface area contributed by atoms with E-state index in [1.807, 2.05) is 0 Å². The third kappa shape index (κ3) is 48.0. The first-order valence-electron chi connectivity index (χ1n) is 25.8. The molecule has 0 aliphatic rings. The Morgan fingerprint density at radius 2 is 0.656 bits per heavy atom. The molecule has 0 spiro atoms. The predicted molar refractivity (Wildman–Crippen MR) is 261 cm³/mol. The Bertz CT molecular complexity index is 1120. The highest BCUT2D eigenvalue weighted by atomic mass is 16.6. The number of allylic oxidation sites excluding steroid dienone is 10. The van der Waals surface area contributed by atoms with Crippen LogP contribution in [0, 0.1) is 0 Å². The van der Waals surface area contributed by atoms with Gasteiger partial charge in [0.2, 0.25) is 0 Å². The maximum atomic E-state index is 12.8. The minimum atomic E-state index is -0.786. The van der Waals surface area contributed by atoms with E-state index in [0.717, 1.165) is 122 Å². The molecule has 6 nitrogen and oxygen atoms in total. The molecule has 0 aromatic heterocycles. The van der Waals surface area contributed by atoms with Crippen LogP contribution in [0.2, 0.25) is 0 Å². The van der Waals surface area contributed by atoms with Gasteiger partial charge in [-0.25, -0.2) is 0 Å². The summed E-state index contributed by atoms with van der Waals surface area (Å²) in [5, 5.41) is 0. The molecule has 0 aliphatic heterocycles. The summed E-state index contributed by atoms with van der Waals surface area (Å²) in [6, 6.07) is 0.